The summed E-state index contributed by atoms with van der Waals surface area (Å²) in [6, 6.07) is -1.14. The van der Waals surface area contributed by atoms with Crippen molar-refractivity contribution in [3.63, 3.8) is 0 Å². The Balaban J connectivity index is 3.55. The van der Waals surface area contributed by atoms with E-state index in [2.05, 4.69) is 0 Å². The Morgan fingerprint density at radius 2 is 2.43 bits per heavy atom. The van der Waals surface area contributed by atoms with Crippen LogP contribution in [0.4, 0.5) is 0 Å². The average Bonchev–Trinajstić information content (AvgIpc) is 1.65. The molecular formula is C3H6N2O2. The molecule has 0 heterocycles. The Labute approximate surface area is 40.5 Å². The van der Waals surface area contributed by atoms with E-state index in [0.29, 0.717) is 6.21 Å². The molecule has 0 spiro atoms. The standard InChI is InChI=1S/C3H6N2O2/c4-1-2(5)3(6)7/h1-2,4H,5H2,(H,6,7). The van der Waals surface area contributed by atoms with E-state index in [0.717, 1.165) is 0 Å². The topological polar surface area (TPSA) is 87.2 Å². The van der Waals surface area contributed by atoms with Crippen molar-refractivity contribution in [1.82, 2.24) is 0 Å². The molecule has 0 amide bonds. The molecule has 4 nitrogen and oxygen atoms in total. The molecule has 0 radical (unpaired) electrons. The van der Waals surface area contributed by atoms with Crippen molar-refractivity contribution in [2.24, 2.45) is 5.73 Å². The van der Waals surface area contributed by atoms with Crippen LogP contribution in [-0.2, 0) is 4.79 Å². The molecule has 0 bridgehead atoms. The zero-order valence-corrected chi connectivity index (χ0v) is 3.59. The molecule has 0 aromatic heterocycles. The Hall–Kier alpha value is -0.900. The van der Waals surface area contributed by atoms with Crippen molar-refractivity contribution >= 4 is 12.2 Å². The number of carbonyl (C=O) groups is 1. The largest absolute Gasteiger partial charge is 0.480 e. The van der Waals surface area contributed by atoms with E-state index in [-0.39, 0.29) is 0 Å². The molecule has 0 aromatic rings. The first-order chi connectivity index (χ1) is 3.18. The van der Waals surface area contributed by atoms with E-state index in [1.54, 1.807) is 0 Å². The van der Waals surface area contributed by atoms with Gasteiger partial charge >= 0.3 is 5.97 Å². The fourth-order valence-electron chi connectivity index (χ4n) is 0.0713. The molecule has 0 aliphatic carbocycles. The molecule has 40 valence electrons. The lowest BCUT2D eigenvalue weighted by atomic mass is 10.4. The molecule has 4 heteroatoms. The molecule has 1 unspecified atom stereocenters. The summed E-state index contributed by atoms with van der Waals surface area (Å²) in [5.74, 6) is -1.17. The van der Waals surface area contributed by atoms with Crippen LogP contribution in [0.15, 0.2) is 0 Å². The maximum Gasteiger partial charge on any atom is 0.326 e. The van der Waals surface area contributed by atoms with Crippen molar-refractivity contribution in [3.05, 3.63) is 0 Å². The van der Waals surface area contributed by atoms with Gasteiger partial charge in [-0.2, -0.15) is 0 Å². The lowest BCUT2D eigenvalue weighted by Gasteiger charge is -1.91. The fraction of sp³-hybridized carbons (Fsp3) is 0.333. The minimum atomic E-state index is -1.17. The zero-order chi connectivity index (χ0) is 5.86. The Kier molecular flexibility index (Phi) is 2.01. The predicted octanol–water partition coefficient (Wildman–Crippen LogP) is -0.952. The number of nitrogens with two attached hydrogens (primary N) is 1. The summed E-state index contributed by atoms with van der Waals surface area (Å²) in [5.41, 5.74) is 4.77. The highest BCUT2D eigenvalue weighted by molar-refractivity contribution is 5.91. The van der Waals surface area contributed by atoms with Gasteiger partial charge in [0.15, 0.2) is 0 Å². The third kappa shape index (κ3) is 1.88. The van der Waals surface area contributed by atoms with Crippen LogP contribution in [0.2, 0.25) is 0 Å². The molecule has 0 saturated heterocycles. The SMILES string of the molecule is N=CC(N)C(=O)O. The van der Waals surface area contributed by atoms with E-state index in [9.17, 15) is 4.79 Å². The highest BCUT2D eigenvalue weighted by atomic mass is 16.4. The van der Waals surface area contributed by atoms with Gasteiger partial charge in [-0.25, -0.2) is 0 Å². The molecule has 1 atom stereocenters. The second-order valence-corrected chi connectivity index (χ2v) is 1.03. The summed E-state index contributed by atoms with van der Waals surface area (Å²) in [7, 11) is 0. The van der Waals surface area contributed by atoms with Crippen molar-refractivity contribution in [2.45, 2.75) is 6.04 Å². The Bertz CT molecular complexity index is 90.9. The van der Waals surface area contributed by atoms with Crippen molar-refractivity contribution in [1.29, 1.82) is 5.41 Å². The van der Waals surface area contributed by atoms with Crippen LogP contribution in [0.3, 0.4) is 0 Å². The van der Waals surface area contributed by atoms with Crippen molar-refractivity contribution in [2.75, 3.05) is 0 Å². The van der Waals surface area contributed by atoms with E-state index in [1.807, 2.05) is 0 Å². The first-order valence-corrected chi connectivity index (χ1v) is 1.67. The fourth-order valence-corrected chi connectivity index (χ4v) is 0.0713. The molecule has 0 fully saturated rings. The van der Waals surface area contributed by atoms with Gasteiger partial charge in [0.25, 0.3) is 0 Å². The van der Waals surface area contributed by atoms with E-state index >= 15 is 0 Å². The highest BCUT2D eigenvalue weighted by Gasteiger charge is 2.04. The molecule has 0 aromatic carbocycles. The maximum absolute atomic E-state index is 9.65. The maximum atomic E-state index is 9.65. The third-order valence-corrected chi connectivity index (χ3v) is 0.465. The second-order valence-electron chi connectivity index (χ2n) is 1.03. The zero-order valence-electron chi connectivity index (χ0n) is 3.59. The molecule has 0 saturated carbocycles. The lowest BCUT2D eigenvalue weighted by molar-refractivity contribution is -0.136. The summed E-state index contributed by atoms with van der Waals surface area (Å²) in [5, 5.41) is 14.2. The van der Waals surface area contributed by atoms with Gasteiger partial charge in [-0.05, 0) is 0 Å². The van der Waals surface area contributed by atoms with Crippen molar-refractivity contribution < 1.29 is 9.90 Å². The highest BCUT2D eigenvalue weighted by Crippen LogP contribution is 1.66. The quantitative estimate of drug-likeness (QED) is 0.393. The summed E-state index contributed by atoms with van der Waals surface area (Å²) in [6.45, 7) is 0. The summed E-state index contributed by atoms with van der Waals surface area (Å²) < 4.78 is 0. The van der Waals surface area contributed by atoms with Gasteiger partial charge in [-0.3, -0.25) is 4.79 Å². The molecular weight excluding hydrogens is 96.0 g/mol. The van der Waals surface area contributed by atoms with Gasteiger partial charge in [-0.1, -0.05) is 0 Å². The monoisotopic (exact) mass is 102 g/mol. The Morgan fingerprint density at radius 1 is 2.00 bits per heavy atom. The van der Waals surface area contributed by atoms with Crippen LogP contribution < -0.4 is 5.73 Å². The van der Waals surface area contributed by atoms with Crippen LogP contribution >= 0.6 is 0 Å². The van der Waals surface area contributed by atoms with Gasteiger partial charge in [0.2, 0.25) is 0 Å². The number of rotatable bonds is 2. The number of carboxylic acids is 1. The van der Waals surface area contributed by atoms with Crippen molar-refractivity contribution in [3.8, 4) is 0 Å². The number of nitrogens with one attached hydrogen (secondary N) is 1. The smallest absolute Gasteiger partial charge is 0.326 e. The van der Waals surface area contributed by atoms with Crippen LogP contribution in [0.5, 0.6) is 0 Å². The number of hydrogen-bond donors (Lipinski definition) is 3. The number of hydrogen-bond acceptors (Lipinski definition) is 3. The van der Waals surface area contributed by atoms with Gasteiger partial charge in [-0.15, -0.1) is 0 Å². The summed E-state index contributed by atoms with van der Waals surface area (Å²) in [6.07, 6.45) is 0.669. The Morgan fingerprint density at radius 3 is 2.43 bits per heavy atom. The normalized spacial score (nSPS) is 12.7. The van der Waals surface area contributed by atoms with Gasteiger partial charge in [0.05, 0.1) is 0 Å². The van der Waals surface area contributed by atoms with Crippen LogP contribution in [0.25, 0.3) is 0 Å². The van der Waals surface area contributed by atoms with Crippen LogP contribution in [0.1, 0.15) is 0 Å². The molecule has 0 aliphatic rings. The summed E-state index contributed by atoms with van der Waals surface area (Å²) in [4.78, 5) is 9.65. The van der Waals surface area contributed by atoms with Gasteiger partial charge in [0.1, 0.15) is 6.04 Å². The van der Waals surface area contributed by atoms with E-state index < -0.39 is 12.0 Å². The molecule has 0 rings (SSSR count). The first kappa shape index (κ1) is 6.10. The molecule has 0 aliphatic heterocycles. The summed E-state index contributed by atoms with van der Waals surface area (Å²) >= 11 is 0. The minimum Gasteiger partial charge on any atom is -0.480 e. The van der Waals surface area contributed by atoms with Gasteiger partial charge < -0.3 is 16.2 Å². The number of aliphatic carboxylic acids is 1. The van der Waals surface area contributed by atoms with Crippen LogP contribution in [-0.4, -0.2) is 23.3 Å². The van der Waals surface area contributed by atoms with E-state index in [1.165, 1.54) is 0 Å². The lowest BCUT2D eigenvalue weighted by Crippen LogP contribution is -2.30. The number of carboxylic acid groups (broad SMARTS) is 1. The predicted molar refractivity (Wildman–Crippen MR) is 24.4 cm³/mol. The molecule has 7 heavy (non-hydrogen) atoms. The first-order valence-electron chi connectivity index (χ1n) is 1.67. The van der Waals surface area contributed by atoms with E-state index in [4.69, 9.17) is 16.2 Å². The second kappa shape index (κ2) is 2.30. The minimum absolute atomic E-state index is 0.669. The third-order valence-electron chi connectivity index (χ3n) is 0.465. The van der Waals surface area contributed by atoms with Crippen LogP contribution in [0, 0.1) is 5.41 Å². The average molecular weight is 102 g/mol. The van der Waals surface area contributed by atoms with Gasteiger partial charge in [0, 0.05) is 6.21 Å². The molecule has 4 N–H and O–H groups in total.